The molecule has 11 heteroatoms. The van der Waals surface area contributed by atoms with Crippen LogP contribution in [0.1, 0.15) is 0 Å². The molecule has 2 aromatic rings. The number of rotatable bonds is 4. The molecule has 1 aliphatic heterocycles. The lowest BCUT2D eigenvalue weighted by Crippen LogP contribution is -2.35. The van der Waals surface area contributed by atoms with Gasteiger partial charge in [-0.15, -0.1) is 10.2 Å². The SMILES string of the molecule is Nc1nnc(SCC(=O)NC(=O)Nc2ccc3c(c2)OCO3)s1. The van der Waals surface area contributed by atoms with Crippen molar-refractivity contribution < 1.29 is 19.1 Å². The van der Waals surface area contributed by atoms with E-state index < -0.39 is 11.9 Å². The summed E-state index contributed by atoms with van der Waals surface area (Å²) >= 11 is 2.33. The van der Waals surface area contributed by atoms with Crippen LogP contribution in [0.15, 0.2) is 22.5 Å². The molecule has 23 heavy (non-hydrogen) atoms. The van der Waals surface area contributed by atoms with Crippen LogP contribution in [0.3, 0.4) is 0 Å². The number of nitrogens with zero attached hydrogens (tertiary/aromatic N) is 2. The Hall–Kier alpha value is -2.53. The fourth-order valence-corrected chi connectivity index (χ4v) is 3.14. The van der Waals surface area contributed by atoms with Crippen LogP contribution < -0.4 is 25.8 Å². The number of nitrogens with one attached hydrogen (secondary N) is 2. The zero-order valence-electron chi connectivity index (χ0n) is 11.6. The minimum atomic E-state index is -0.633. The summed E-state index contributed by atoms with van der Waals surface area (Å²) in [6.45, 7) is 0.150. The summed E-state index contributed by atoms with van der Waals surface area (Å²) in [4.78, 5) is 23.5. The first-order valence-corrected chi connectivity index (χ1v) is 8.12. The third-order valence-electron chi connectivity index (χ3n) is 2.63. The number of benzene rings is 1. The molecular formula is C12H11N5O4S2. The van der Waals surface area contributed by atoms with E-state index in [1.165, 1.54) is 11.3 Å². The maximum absolute atomic E-state index is 11.8. The molecule has 0 fully saturated rings. The Morgan fingerprint density at radius 1 is 1.30 bits per heavy atom. The van der Waals surface area contributed by atoms with Gasteiger partial charge >= 0.3 is 6.03 Å². The number of carbonyl (C=O) groups excluding carboxylic acids is 2. The number of hydrogen-bond donors (Lipinski definition) is 3. The van der Waals surface area contributed by atoms with Crippen molar-refractivity contribution in [2.24, 2.45) is 0 Å². The molecule has 0 spiro atoms. The van der Waals surface area contributed by atoms with E-state index in [9.17, 15) is 9.59 Å². The number of urea groups is 1. The molecule has 3 amide bonds. The van der Waals surface area contributed by atoms with Gasteiger partial charge in [-0.25, -0.2) is 4.79 Å². The third kappa shape index (κ3) is 4.02. The Bertz CT molecular complexity index is 751. The summed E-state index contributed by atoms with van der Waals surface area (Å²) in [5, 5.41) is 12.5. The maximum Gasteiger partial charge on any atom is 0.325 e. The summed E-state index contributed by atoms with van der Waals surface area (Å²) in [5.41, 5.74) is 5.93. The van der Waals surface area contributed by atoms with E-state index in [0.717, 1.165) is 11.8 Å². The monoisotopic (exact) mass is 353 g/mol. The van der Waals surface area contributed by atoms with E-state index in [1.54, 1.807) is 18.2 Å². The van der Waals surface area contributed by atoms with Gasteiger partial charge in [-0.05, 0) is 12.1 Å². The Labute approximate surface area is 138 Å². The van der Waals surface area contributed by atoms with Crippen LogP contribution in [0.2, 0.25) is 0 Å². The van der Waals surface area contributed by atoms with E-state index >= 15 is 0 Å². The summed E-state index contributed by atoms with van der Waals surface area (Å²) in [5.74, 6) is 0.726. The lowest BCUT2D eigenvalue weighted by molar-refractivity contribution is -0.117. The molecule has 9 nitrogen and oxygen atoms in total. The van der Waals surface area contributed by atoms with Crippen LogP contribution in [0, 0.1) is 0 Å². The predicted molar refractivity (Wildman–Crippen MR) is 84.8 cm³/mol. The molecular weight excluding hydrogens is 342 g/mol. The molecule has 1 aromatic heterocycles. The van der Waals surface area contributed by atoms with Crippen molar-refractivity contribution in [1.29, 1.82) is 0 Å². The molecule has 1 aliphatic rings. The minimum Gasteiger partial charge on any atom is -0.454 e. The lowest BCUT2D eigenvalue weighted by atomic mass is 10.3. The molecule has 0 bridgehead atoms. The number of fused-ring (bicyclic) bond motifs is 1. The van der Waals surface area contributed by atoms with Crippen molar-refractivity contribution >= 4 is 45.9 Å². The van der Waals surface area contributed by atoms with Gasteiger partial charge < -0.3 is 20.5 Å². The van der Waals surface area contributed by atoms with Gasteiger partial charge in [-0.1, -0.05) is 23.1 Å². The molecule has 1 aromatic carbocycles. The van der Waals surface area contributed by atoms with Crippen LogP contribution >= 0.6 is 23.1 Å². The van der Waals surface area contributed by atoms with E-state index in [0.29, 0.717) is 26.7 Å². The molecule has 0 saturated carbocycles. The Morgan fingerprint density at radius 2 is 2.13 bits per heavy atom. The van der Waals surface area contributed by atoms with Gasteiger partial charge in [0.05, 0.1) is 5.75 Å². The molecule has 0 aliphatic carbocycles. The molecule has 3 rings (SSSR count). The summed E-state index contributed by atoms with van der Waals surface area (Å²) in [6, 6.07) is 4.31. The molecule has 120 valence electrons. The Kier molecular flexibility index (Phi) is 4.48. The number of anilines is 2. The number of carbonyl (C=O) groups is 2. The standard InChI is InChI=1S/C12H11N5O4S2/c13-10-16-17-12(23-10)22-4-9(18)15-11(19)14-6-1-2-7-8(3-6)21-5-20-7/h1-3H,4-5H2,(H2,13,16)(H2,14,15,18,19). The second kappa shape index (κ2) is 6.71. The number of amides is 3. The zero-order valence-corrected chi connectivity index (χ0v) is 13.2. The number of aromatic nitrogens is 2. The number of hydrogen-bond acceptors (Lipinski definition) is 9. The second-order valence-electron chi connectivity index (χ2n) is 4.27. The van der Waals surface area contributed by atoms with Gasteiger partial charge in [-0.3, -0.25) is 10.1 Å². The average molecular weight is 353 g/mol. The highest BCUT2D eigenvalue weighted by Crippen LogP contribution is 2.34. The third-order valence-corrected chi connectivity index (χ3v) is 4.52. The number of ether oxygens (including phenoxy) is 2. The highest BCUT2D eigenvalue weighted by Gasteiger charge is 2.15. The minimum absolute atomic E-state index is 0.0309. The van der Waals surface area contributed by atoms with Gasteiger partial charge in [0.15, 0.2) is 15.8 Å². The van der Waals surface area contributed by atoms with Crippen LogP contribution in [0.5, 0.6) is 11.5 Å². The van der Waals surface area contributed by atoms with E-state index in [-0.39, 0.29) is 12.5 Å². The Morgan fingerprint density at radius 3 is 2.91 bits per heavy atom. The maximum atomic E-state index is 11.8. The summed E-state index contributed by atoms with van der Waals surface area (Å²) in [6.07, 6.45) is 0. The van der Waals surface area contributed by atoms with Gasteiger partial charge in [0.25, 0.3) is 0 Å². The fourth-order valence-electron chi connectivity index (χ4n) is 1.71. The molecule has 0 radical (unpaired) electrons. The van der Waals surface area contributed by atoms with Gasteiger partial charge in [0.2, 0.25) is 17.8 Å². The van der Waals surface area contributed by atoms with E-state index in [2.05, 4.69) is 20.8 Å². The van der Waals surface area contributed by atoms with Crippen molar-refractivity contribution in [3.05, 3.63) is 18.2 Å². The largest absolute Gasteiger partial charge is 0.454 e. The van der Waals surface area contributed by atoms with Crippen molar-refractivity contribution in [1.82, 2.24) is 15.5 Å². The summed E-state index contributed by atoms with van der Waals surface area (Å²) < 4.78 is 10.9. The molecule has 4 N–H and O–H groups in total. The smallest absolute Gasteiger partial charge is 0.325 e. The quantitative estimate of drug-likeness (QED) is 0.701. The molecule has 2 heterocycles. The number of imide groups is 1. The second-order valence-corrected chi connectivity index (χ2v) is 6.50. The zero-order chi connectivity index (χ0) is 16.2. The first kappa shape index (κ1) is 15.4. The van der Waals surface area contributed by atoms with Crippen LogP contribution in [-0.4, -0.2) is 34.7 Å². The van der Waals surface area contributed by atoms with E-state index in [1.807, 2.05) is 0 Å². The topological polar surface area (TPSA) is 128 Å². The van der Waals surface area contributed by atoms with Crippen LogP contribution in [0.25, 0.3) is 0 Å². The normalized spacial score (nSPS) is 12.0. The van der Waals surface area contributed by atoms with Crippen molar-refractivity contribution in [2.75, 3.05) is 23.6 Å². The van der Waals surface area contributed by atoms with Gasteiger partial charge in [-0.2, -0.15) is 0 Å². The lowest BCUT2D eigenvalue weighted by Gasteiger charge is -2.07. The number of nitrogens with two attached hydrogens (primary N) is 1. The van der Waals surface area contributed by atoms with Crippen molar-refractivity contribution in [3.8, 4) is 11.5 Å². The van der Waals surface area contributed by atoms with Crippen LogP contribution in [-0.2, 0) is 4.79 Å². The van der Waals surface area contributed by atoms with Gasteiger partial charge in [0, 0.05) is 11.8 Å². The van der Waals surface area contributed by atoms with E-state index in [4.69, 9.17) is 15.2 Å². The molecule has 0 saturated heterocycles. The number of thioether (sulfide) groups is 1. The average Bonchev–Trinajstić information content (AvgIpc) is 3.13. The summed E-state index contributed by atoms with van der Waals surface area (Å²) in [7, 11) is 0. The molecule has 0 unspecified atom stereocenters. The predicted octanol–water partition coefficient (Wildman–Crippen LogP) is 1.29. The Balaban J connectivity index is 1.48. The first-order chi connectivity index (χ1) is 11.1. The van der Waals surface area contributed by atoms with Crippen molar-refractivity contribution in [3.63, 3.8) is 0 Å². The fraction of sp³-hybridized carbons (Fsp3) is 0.167. The van der Waals surface area contributed by atoms with Crippen molar-refractivity contribution in [2.45, 2.75) is 4.34 Å². The number of nitrogen functional groups attached to an aromatic ring is 1. The first-order valence-electron chi connectivity index (χ1n) is 6.32. The highest BCUT2D eigenvalue weighted by molar-refractivity contribution is 8.01. The highest BCUT2D eigenvalue weighted by atomic mass is 32.2. The van der Waals surface area contributed by atoms with Gasteiger partial charge in [0.1, 0.15) is 0 Å². The molecule has 0 atom stereocenters. The van der Waals surface area contributed by atoms with Crippen LogP contribution in [0.4, 0.5) is 15.6 Å².